The SMILES string of the molecule is C=C1[C@H](n2ccc(NC(=O)OC[C@@](C)(NC(=O)[C@@H](N)CC3CCCCC3)C(=O)O)nc2=O)O[C@H](CO)[C@H]1O. The Kier molecular flexibility index (Phi) is 9.60. The van der Waals surface area contributed by atoms with Crippen LogP contribution in [0.15, 0.2) is 29.2 Å². The number of anilines is 1. The number of aliphatic hydroxyl groups is 2. The molecule has 0 bridgehead atoms. The van der Waals surface area contributed by atoms with Crippen molar-refractivity contribution in [1.29, 1.82) is 0 Å². The van der Waals surface area contributed by atoms with E-state index >= 15 is 0 Å². The fourth-order valence-corrected chi connectivity index (χ4v) is 4.52. The van der Waals surface area contributed by atoms with Gasteiger partial charge in [0.1, 0.15) is 24.6 Å². The van der Waals surface area contributed by atoms with E-state index in [0.29, 0.717) is 12.3 Å². The third-order valence-corrected chi connectivity index (χ3v) is 6.86. The maximum absolute atomic E-state index is 12.6. The summed E-state index contributed by atoms with van der Waals surface area (Å²) in [6, 6.07) is 0.357. The number of aromatic nitrogens is 2. The molecule has 2 fully saturated rings. The summed E-state index contributed by atoms with van der Waals surface area (Å²) in [5, 5.41) is 33.5. The third kappa shape index (κ3) is 6.95. The van der Waals surface area contributed by atoms with Crippen LogP contribution in [0.1, 0.15) is 51.7 Å². The fraction of sp³-hybridized carbons (Fsp3) is 0.625. The van der Waals surface area contributed by atoms with Gasteiger partial charge in [-0.2, -0.15) is 4.98 Å². The molecule has 1 aliphatic heterocycles. The van der Waals surface area contributed by atoms with E-state index in [-0.39, 0.29) is 11.4 Å². The van der Waals surface area contributed by atoms with Gasteiger partial charge in [-0.1, -0.05) is 38.7 Å². The van der Waals surface area contributed by atoms with Crippen LogP contribution < -0.4 is 22.1 Å². The molecule has 2 amide bonds. The van der Waals surface area contributed by atoms with E-state index < -0.39 is 66.9 Å². The second kappa shape index (κ2) is 12.5. The largest absolute Gasteiger partial charge is 0.479 e. The van der Waals surface area contributed by atoms with Crippen molar-refractivity contribution in [1.82, 2.24) is 14.9 Å². The Morgan fingerprint density at radius 3 is 2.61 bits per heavy atom. The van der Waals surface area contributed by atoms with E-state index in [1.165, 1.54) is 19.2 Å². The van der Waals surface area contributed by atoms with Gasteiger partial charge < -0.3 is 35.8 Å². The minimum Gasteiger partial charge on any atom is -0.479 e. The lowest BCUT2D eigenvalue weighted by atomic mass is 9.84. The molecule has 0 spiro atoms. The zero-order valence-corrected chi connectivity index (χ0v) is 21.2. The number of rotatable bonds is 10. The van der Waals surface area contributed by atoms with Crippen LogP contribution in [0.4, 0.5) is 10.6 Å². The number of aliphatic hydroxyl groups excluding tert-OH is 2. The molecule has 0 aromatic carbocycles. The molecule has 7 N–H and O–H groups in total. The molecular weight excluding hydrogens is 502 g/mol. The molecule has 14 heteroatoms. The van der Waals surface area contributed by atoms with Crippen molar-refractivity contribution in [2.75, 3.05) is 18.5 Å². The molecule has 1 aromatic heterocycles. The highest BCUT2D eigenvalue weighted by Gasteiger charge is 2.39. The molecule has 1 saturated heterocycles. The number of carboxylic acid groups (broad SMARTS) is 1. The summed E-state index contributed by atoms with van der Waals surface area (Å²) in [4.78, 5) is 52.9. The molecule has 0 radical (unpaired) electrons. The molecule has 1 saturated carbocycles. The van der Waals surface area contributed by atoms with Crippen molar-refractivity contribution in [3.63, 3.8) is 0 Å². The molecule has 1 aromatic rings. The predicted molar refractivity (Wildman–Crippen MR) is 133 cm³/mol. The number of amides is 2. The monoisotopic (exact) mass is 537 g/mol. The fourth-order valence-electron chi connectivity index (χ4n) is 4.52. The molecule has 14 nitrogen and oxygen atoms in total. The predicted octanol–water partition coefficient (Wildman–Crippen LogP) is -0.144. The molecule has 5 atom stereocenters. The van der Waals surface area contributed by atoms with Crippen molar-refractivity contribution in [3.05, 3.63) is 34.9 Å². The number of carbonyl (C=O) groups excluding carboxylic acids is 2. The number of nitrogens with two attached hydrogens (primary N) is 1. The number of nitrogens with zero attached hydrogens (tertiary/aromatic N) is 2. The van der Waals surface area contributed by atoms with E-state index in [2.05, 4.69) is 22.2 Å². The molecule has 38 heavy (non-hydrogen) atoms. The second-order valence-electron chi connectivity index (χ2n) is 9.91. The van der Waals surface area contributed by atoms with Crippen molar-refractivity contribution >= 4 is 23.8 Å². The molecule has 2 heterocycles. The van der Waals surface area contributed by atoms with Gasteiger partial charge in [0.25, 0.3) is 0 Å². The molecule has 1 aliphatic carbocycles. The Morgan fingerprint density at radius 2 is 2.03 bits per heavy atom. The van der Waals surface area contributed by atoms with Crippen LogP contribution in [0, 0.1) is 5.92 Å². The minimum absolute atomic E-state index is 0.154. The number of aliphatic carboxylic acids is 1. The summed E-state index contributed by atoms with van der Waals surface area (Å²) in [6.45, 7) is 3.67. The number of hydrogen-bond donors (Lipinski definition) is 6. The van der Waals surface area contributed by atoms with Crippen molar-refractivity contribution in [3.8, 4) is 0 Å². The lowest BCUT2D eigenvalue weighted by Crippen LogP contribution is -2.59. The highest BCUT2D eigenvalue weighted by molar-refractivity contribution is 5.90. The summed E-state index contributed by atoms with van der Waals surface area (Å²) >= 11 is 0. The molecule has 3 rings (SSSR count). The average Bonchev–Trinajstić information content (AvgIpc) is 3.16. The molecule has 0 unspecified atom stereocenters. The summed E-state index contributed by atoms with van der Waals surface area (Å²) in [5.74, 6) is -1.97. The van der Waals surface area contributed by atoms with Gasteiger partial charge in [-0.3, -0.25) is 14.7 Å². The van der Waals surface area contributed by atoms with Crippen LogP contribution in [0.5, 0.6) is 0 Å². The quantitative estimate of drug-likeness (QED) is 0.216. The first-order chi connectivity index (χ1) is 17.9. The number of carbonyl (C=O) groups is 3. The Morgan fingerprint density at radius 1 is 1.34 bits per heavy atom. The van der Waals surface area contributed by atoms with Gasteiger partial charge in [0, 0.05) is 11.8 Å². The maximum Gasteiger partial charge on any atom is 0.412 e. The molecule has 2 aliphatic rings. The van der Waals surface area contributed by atoms with Crippen molar-refractivity contribution in [2.24, 2.45) is 11.7 Å². The van der Waals surface area contributed by atoms with E-state index in [9.17, 15) is 34.5 Å². The highest BCUT2D eigenvalue weighted by atomic mass is 16.6. The first kappa shape index (κ1) is 29.2. The standard InChI is InChI=1S/C24H35N5O9/c1-13-18(31)16(11-30)38-20(13)29-9-8-17(26-22(29)35)27-23(36)37-12-24(2,21(33)34)28-19(32)15(25)10-14-6-4-3-5-7-14/h8-9,14-16,18,20,30-31H,1,3-7,10-12,25H2,2H3,(H,28,32)(H,33,34)(H,26,27,35,36)/t15-,16+,18-,20+,24+/m0/s1. The Balaban J connectivity index is 1.56. The first-order valence-electron chi connectivity index (χ1n) is 12.4. The third-order valence-electron chi connectivity index (χ3n) is 6.86. The van der Waals surface area contributed by atoms with Crippen LogP contribution in [-0.2, 0) is 19.1 Å². The number of hydrogen-bond acceptors (Lipinski definition) is 10. The van der Waals surface area contributed by atoms with Gasteiger partial charge in [0.15, 0.2) is 11.8 Å². The van der Waals surface area contributed by atoms with E-state index in [1.807, 2.05) is 0 Å². The Bertz CT molecular complexity index is 1100. The lowest BCUT2D eigenvalue weighted by molar-refractivity contribution is -0.148. The normalized spacial score (nSPS) is 24.3. The van der Waals surface area contributed by atoms with Gasteiger partial charge in [-0.15, -0.1) is 0 Å². The summed E-state index contributed by atoms with van der Waals surface area (Å²) in [5.41, 5.74) is 3.37. The number of nitrogens with one attached hydrogen (secondary N) is 2. The first-order valence-corrected chi connectivity index (χ1v) is 12.4. The number of ether oxygens (including phenoxy) is 2. The minimum atomic E-state index is -1.94. The topological polar surface area (TPSA) is 215 Å². The van der Waals surface area contributed by atoms with Crippen LogP contribution >= 0.6 is 0 Å². The maximum atomic E-state index is 12.6. The summed E-state index contributed by atoms with van der Waals surface area (Å²) in [7, 11) is 0. The van der Waals surface area contributed by atoms with Gasteiger partial charge in [-0.05, 0) is 25.3 Å². The molecule has 210 valence electrons. The van der Waals surface area contributed by atoms with Gasteiger partial charge in [0.05, 0.1) is 12.6 Å². The molecular formula is C24H35N5O9. The number of carboxylic acids is 1. The zero-order chi connectivity index (χ0) is 28.0. The van der Waals surface area contributed by atoms with Crippen LogP contribution in [0.25, 0.3) is 0 Å². The van der Waals surface area contributed by atoms with Gasteiger partial charge in [0.2, 0.25) is 5.91 Å². The van der Waals surface area contributed by atoms with Gasteiger partial charge in [-0.25, -0.2) is 14.4 Å². The summed E-state index contributed by atoms with van der Waals surface area (Å²) in [6.07, 6.45) is 2.66. The summed E-state index contributed by atoms with van der Waals surface area (Å²) < 4.78 is 11.4. The lowest BCUT2D eigenvalue weighted by Gasteiger charge is -2.29. The Hall–Kier alpha value is -3.33. The zero-order valence-electron chi connectivity index (χ0n) is 21.2. The highest BCUT2D eigenvalue weighted by Crippen LogP contribution is 2.32. The van der Waals surface area contributed by atoms with Gasteiger partial charge >= 0.3 is 17.8 Å². The smallest absolute Gasteiger partial charge is 0.412 e. The second-order valence-corrected chi connectivity index (χ2v) is 9.91. The van der Waals surface area contributed by atoms with E-state index in [1.54, 1.807) is 0 Å². The van der Waals surface area contributed by atoms with Crippen molar-refractivity contribution in [2.45, 2.75) is 75.5 Å². The van der Waals surface area contributed by atoms with E-state index in [0.717, 1.165) is 36.7 Å². The Labute approximate surface area is 218 Å². The van der Waals surface area contributed by atoms with Crippen LogP contribution in [-0.4, -0.2) is 79.8 Å². The van der Waals surface area contributed by atoms with Crippen molar-refractivity contribution < 1.29 is 39.2 Å². The van der Waals surface area contributed by atoms with Crippen LogP contribution in [0.2, 0.25) is 0 Å². The average molecular weight is 538 g/mol. The van der Waals surface area contributed by atoms with Crippen LogP contribution in [0.3, 0.4) is 0 Å². The van der Waals surface area contributed by atoms with E-state index in [4.69, 9.17) is 15.2 Å².